The zero-order chi connectivity index (χ0) is 40.3. The average molecular weight is 780 g/mol. The first-order chi connectivity index (χ1) is 27.0. The van der Waals surface area contributed by atoms with E-state index in [9.17, 15) is 19.8 Å². The third-order valence-corrected chi connectivity index (χ3v) is 11.7. The van der Waals surface area contributed by atoms with Gasteiger partial charge in [0.15, 0.2) is 0 Å². The topological polar surface area (TPSA) is 95.9 Å². The molecule has 0 aromatic carbocycles. The van der Waals surface area contributed by atoms with Crippen molar-refractivity contribution in [3.8, 4) is 0 Å². The molecule has 328 valence electrons. The molecule has 0 saturated carbocycles. The summed E-state index contributed by atoms with van der Waals surface area (Å²) in [6, 6.07) is -0.691. The van der Waals surface area contributed by atoms with E-state index < -0.39 is 18.2 Å². The minimum Gasteiger partial charge on any atom is -0.462 e. The summed E-state index contributed by atoms with van der Waals surface area (Å²) in [5.74, 6) is -0.455. The molecule has 3 unspecified atom stereocenters. The van der Waals surface area contributed by atoms with Crippen molar-refractivity contribution in [1.29, 1.82) is 0 Å². The van der Waals surface area contributed by atoms with Gasteiger partial charge in [-0.3, -0.25) is 9.59 Å². The van der Waals surface area contributed by atoms with Crippen LogP contribution < -0.4 is 5.32 Å². The minimum absolute atomic E-state index is 0.0872. The van der Waals surface area contributed by atoms with Crippen molar-refractivity contribution >= 4 is 11.9 Å². The Morgan fingerprint density at radius 2 is 0.764 bits per heavy atom. The normalized spacial score (nSPS) is 13.2. The Labute approximate surface area is 343 Å². The van der Waals surface area contributed by atoms with Crippen LogP contribution in [0.25, 0.3) is 0 Å². The molecular weight excluding hydrogens is 683 g/mol. The van der Waals surface area contributed by atoms with Gasteiger partial charge >= 0.3 is 5.97 Å². The van der Waals surface area contributed by atoms with E-state index in [0.29, 0.717) is 19.3 Å². The second-order valence-electron chi connectivity index (χ2n) is 17.2. The maximum atomic E-state index is 13.1. The summed E-state index contributed by atoms with van der Waals surface area (Å²) >= 11 is 0. The zero-order valence-corrected chi connectivity index (χ0v) is 37.3. The second kappa shape index (κ2) is 44.0. The number of aliphatic hydroxyl groups excluding tert-OH is 2. The number of esters is 1. The lowest BCUT2D eigenvalue weighted by Gasteiger charge is -2.24. The maximum absolute atomic E-state index is 13.1. The van der Waals surface area contributed by atoms with Crippen LogP contribution in [0.2, 0.25) is 0 Å². The number of amides is 1. The van der Waals surface area contributed by atoms with Crippen LogP contribution in [-0.2, 0) is 14.3 Å². The van der Waals surface area contributed by atoms with Gasteiger partial charge in [-0.1, -0.05) is 239 Å². The molecular formula is C49H97NO5. The van der Waals surface area contributed by atoms with E-state index in [0.717, 1.165) is 44.9 Å². The number of unbranched alkanes of at least 4 members (excludes halogenated alkanes) is 33. The molecule has 3 N–H and O–H groups in total. The van der Waals surface area contributed by atoms with Crippen LogP contribution in [0.5, 0.6) is 0 Å². The Hall–Kier alpha value is -1.14. The van der Waals surface area contributed by atoms with Crippen LogP contribution in [0.1, 0.15) is 278 Å². The highest BCUT2D eigenvalue weighted by Crippen LogP contribution is 2.18. The lowest BCUT2D eigenvalue weighted by molar-refractivity contribution is -0.151. The van der Waals surface area contributed by atoms with Gasteiger partial charge in [-0.15, -0.1) is 0 Å². The third kappa shape index (κ3) is 39.5. The lowest BCUT2D eigenvalue weighted by Crippen LogP contribution is -2.46. The third-order valence-electron chi connectivity index (χ3n) is 11.7. The molecule has 0 aliphatic carbocycles. The number of aliphatic hydroxyl groups is 2. The van der Waals surface area contributed by atoms with E-state index in [1.54, 1.807) is 0 Å². The van der Waals surface area contributed by atoms with E-state index in [1.807, 2.05) is 0 Å². The standard InChI is InChI=1S/C49H97NO5/c1-4-7-10-13-16-19-22-24-26-29-32-35-38-41-47(52)46(44-51)50-48(53)43-45(40-37-34-31-28-25-21-18-15-12-9-6-3)55-49(54)42-39-36-33-30-27-23-20-17-14-11-8-5-2/h45-47,51-52H,4-44H2,1-3H3,(H,50,53). The van der Waals surface area contributed by atoms with Crippen molar-refractivity contribution in [3.63, 3.8) is 0 Å². The predicted molar refractivity (Wildman–Crippen MR) is 237 cm³/mol. The van der Waals surface area contributed by atoms with E-state index in [-0.39, 0.29) is 24.9 Å². The van der Waals surface area contributed by atoms with Gasteiger partial charge in [-0.05, 0) is 25.7 Å². The van der Waals surface area contributed by atoms with Gasteiger partial charge in [0.1, 0.15) is 6.10 Å². The fraction of sp³-hybridized carbons (Fsp3) is 0.959. The molecule has 0 aromatic heterocycles. The molecule has 55 heavy (non-hydrogen) atoms. The van der Waals surface area contributed by atoms with E-state index in [1.165, 1.54) is 186 Å². The summed E-state index contributed by atoms with van der Waals surface area (Å²) in [7, 11) is 0. The van der Waals surface area contributed by atoms with Crippen LogP contribution in [0.3, 0.4) is 0 Å². The Morgan fingerprint density at radius 3 is 1.11 bits per heavy atom. The summed E-state index contributed by atoms with van der Waals surface area (Å²) in [6.45, 7) is 6.49. The van der Waals surface area contributed by atoms with Crippen molar-refractivity contribution in [3.05, 3.63) is 0 Å². The second-order valence-corrected chi connectivity index (χ2v) is 17.2. The average Bonchev–Trinajstić information content (AvgIpc) is 3.18. The molecule has 0 bridgehead atoms. The van der Waals surface area contributed by atoms with Crippen LogP contribution >= 0.6 is 0 Å². The summed E-state index contributed by atoms with van der Waals surface area (Å²) in [4.78, 5) is 26.0. The molecule has 0 aliphatic rings. The quantitative estimate of drug-likeness (QED) is 0.0422. The number of nitrogens with one attached hydrogen (secondary N) is 1. The number of ether oxygens (including phenoxy) is 1. The first kappa shape index (κ1) is 53.9. The molecule has 0 radical (unpaired) electrons. The number of hydrogen-bond acceptors (Lipinski definition) is 5. The molecule has 0 aromatic rings. The Balaban J connectivity index is 4.50. The Kier molecular flexibility index (Phi) is 43.1. The van der Waals surface area contributed by atoms with Gasteiger partial charge in [0.05, 0.1) is 25.2 Å². The summed E-state index contributed by atoms with van der Waals surface area (Å²) in [5.41, 5.74) is 0. The molecule has 0 heterocycles. The van der Waals surface area contributed by atoms with Gasteiger partial charge in [-0.2, -0.15) is 0 Å². The fourth-order valence-electron chi connectivity index (χ4n) is 7.90. The largest absolute Gasteiger partial charge is 0.462 e. The van der Waals surface area contributed by atoms with Crippen molar-refractivity contribution in [2.75, 3.05) is 6.61 Å². The molecule has 0 fully saturated rings. The van der Waals surface area contributed by atoms with Crippen molar-refractivity contribution in [2.24, 2.45) is 0 Å². The summed E-state index contributed by atoms with van der Waals surface area (Å²) in [6.07, 6.45) is 45.8. The van der Waals surface area contributed by atoms with Crippen LogP contribution in [0.15, 0.2) is 0 Å². The molecule has 6 heteroatoms. The Bertz CT molecular complexity index is 791. The Morgan fingerprint density at radius 1 is 0.455 bits per heavy atom. The van der Waals surface area contributed by atoms with Crippen molar-refractivity contribution in [2.45, 2.75) is 296 Å². The van der Waals surface area contributed by atoms with Crippen LogP contribution in [0.4, 0.5) is 0 Å². The molecule has 1 amide bonds. The van der Waals surface area contributed by atoms with Gasteiger partial charge in [-0.25, -0.2) is 0 Å². The monoisotopic (exact) mass is 780 g/mol. The molecule has 0 spiro atoms. The van der Waals surface area contributed by atoms with Crippen LogP contribution in [-0.4, -0.2) is 46.9 Å². The highest BCUT2D eigenvalue weighted by Gasteiger charge is 2.24. The van der Waals surface area contributed by atoms with Gasteiger partial charge in [0.25, 0.3) is 0 Å². The fourth-order valence-corrected chi connectivity index (χ4v) is 7.90. The number of carbonyl (C=O) groups excluding carboxylic acids is 2. The molecule has 0 rings (SSSR count). The first-order valence-corrected chi connectivity index (χ1v) is 24.8. The first-order valence-electron chi connectivity index (χ1n) is 24.8. The number of carbonyl (C=O) groups is 2. The van der Waals surface area contributed by atoms with Gasteiger partial charge in [0.2, 0.25) is 5.91 Å². The van der Waals surface area contributed by atoms with Crippen molar-refractivity contribution in [1.82, 2.24) is 5.32 Å². The predicted octanol–water partition coefficient (Wildman–Crippen LogP) is 14.4. The smallest absolute Gasteiger partial charge is 0.306 e. The molecule has 3 atom stereocenters. The minimum atomic E-state index is -0.778. The summed E-state index contributed by atoms with van der Waals surface area (Å²) in [5, 5.41) is 23.7. The highest BCUT2D eigenvalue weighted by molar-refractivity contribution is 5.77. The van der Waals surface area contributed by atoms with E-state index in [2.05, 4.69) is 26.1 Å². The zero-order valence-electron chi connectivity index (χ0n) is 37.3. The van der Waals surface area contributed by atoms with Gasteiger partial charge < -0.3 is 20.3 Å². The molecule has 0 aliphatic heterocycles. The lowest BCUT2D eigenvalue weighted by atomic mass is 10.0. The molecule has 6 nitrogen and oxygen atoms in total. The van der Waals surface area contributed by atoms with Crippen LogP contribution in [0, 0.1) is 0 Å². The summed E-state index contributed by atoms with van der Waals surface area (Å²) < 4.78 is 5.92. The number of hydrogen-bond donors (Lipinski definition) is 3. The van der Waals surface area contributed by atoms with Crippen molar-refractivity contribution < 1.29 is 24.5 Å². The van der Waals surface area contributed by atoms with E-state index in [4.69, 9.17) is 4.74 Å². The SMILES string of the molecule is CCCCCCCCCCCCCCCC(O)C(CO)NC(=O)CC(CCCCCCCCCCCCC)OC(=O)CCCCCCCCCCCCCC. The van der Waals surface area contributed by atoms with Gasteiger partial charge in [0, 0.05) is 6.42 Å². The molecule has 0 saturated heterocycles. The van der Waals surface area contributed by atoms with E-state index >= 15 is 0 Å². The highest BCUT2D eigenvalue weighted by atomic mass is 16.5. The number of rotatable bonds is 45. The maximum Gasteiger partial charge on any atom is 0.306 e.